The monoisotopic (exact) mass is 234 g/mol. The lowest BCUT2D eigenvalue weighted by Crippen LogP contribution is -2.17. The molecule has 17 heavy (non-hydrogen) atoms. The first-order chi connectivity index (χ1) is 8.31. The standard InChI is InChI=1S/C13H22N4/c1-3-8-14-12-10(2)13(16-9-15-12)17-11-6-4-5-7-11/h9,11H,3-8H2,1-2H3,(H2,14,15,16,17). The van der Waals surface area contributed by atoms with Crippen molar-refractivity contribution in [2.24, 2.45) is 0 Å². The van der Waals surface area contributed by atoms with E-state index in [9.17, 15) is 0 Å². The van der Waals surface area contributed by atoms with Gasteiger partial charge >= 0.3 is 0 Å². The number of aromatic nitrogens is 2. The molecule has 0 amide bonds. The van der Waals surface area contributed by atoms with E-state index < -0.39 is 0 Å². The zero-order valence-corrected chi connectivity index (χ0v) is 10.8. The van der Waals surface area contributed by atoms with Gasteiger partial charge in [-0.2, -0.15) is 0 Å². The van der Waals surface area contributed by atoms with E-state index >= 15 is 0 Å². The molecule has 4 nitrogen and oxygen atoms in total. The van der Waals surface area contributed by atoms with Crippen LogP contribution in [-0.2, 0) is 0 Å². The van der Waals surface area contributed by atoms with Gasteiger partial charge in [0.15, 0.2) is 0 Å². The topological polar surface area (TPSA) is 49.8 Å². The van der Waals surface area contributed by atoms with E-state index in [1.54, 1.807) is 6.33 Å². The number of hydrogen-bond donors (Lipinski definition) is 2. The molecule has 1 saturated carbocycles. The van der Waals surface area contributed by atoms with Gasteiger partial charge in [0.05, 0.1) is 0 Å². The maximum Gasteiger partial charge on any atom is 0.134 e. The van der Waals surface area contributed by atoms with Gasteiger partial charge in [0, 0.05) is 18.2 Å². The molecule has 0 spiro atoms. The maximum absolute atomic E-state index is 4.35. The van der Waals surface area contributed by atoms with Crippen molar-refractivity contribution in [3.05, 3.63) is 11.9 Å². The van der Waals surface area contributed by atoms with Crippen molar-refractivity contribution in [1.82, 2.24) is 9.97 Å². The Balaban J connectivity index is 2.05. The van der Waals surface area contributed by atoms with Gasteiger partial charge in [-0.1, -0.05) is 19.8 Å². The van der Waals surface area contributed by atoms with Crippen molar-refractivity contribution >= 4 is 11.6 Å². The second-order valence-corrected chi connectivity index (χ2v) is 4.75. The minimum atomic E-state index is 0.600. The Bertz CT molecular complexity index is 358. The van der Waals surface area contributed by atoms with Crippen LogP contribution in [0.4, 0.5) is 11.6 Å². The Morgan fingerprint density at radius 3 is 2.65 bits per heavy atom. The lowest BCUT2D eigenvalue weighted by Gasteiger charge is -2.16. The van der Waals surface area contributed by atoms with Crippen LogP contribution >= 0.6 is 0 Å². The second kappa shape index (κ2) is 5.84. The van der Waals surface area contributed by atoms with Gasteiger partial charge in [-0.3, -0.25) is 0 Å². The van der Waals surface area contributed by atoms with E-state index in [4.69, 9.17) is 0 Å². The first kappa shape index (κ1) is 12.1. The van der Waals surface area contributed by atoms with Gasteiger partial charge in [0.25, 0.3) is 0 Å². The molecule has 94 valence electrons. The largest absolute Gasteiger partial charge is 0.370 e. The van der Waals surface area contributed by atoms with Gasteiger partial charge in [-0.05, 0) is 26.2 Å². The summed E-state index contributed by atoms with van der Waals surface area (Å²) in [6.45, 7) is 5.19. The molecule has 0 aromatic carbocycles. The van der Waals surface area contributed by atoms with Crippen LogP contribution in [0.3, 0.4) is 0 Å². The average molecular weight is 234 g/mol. The van der Waals surface area contributed by atoms with E-state index in [0.717, 1.165) is 30.2 Å². The quantitative estimate of drug-likeness (QED) is 0.822. The Labute approximate surface area is 103 Å². The molecule has 1 aliphatic rings. The zero-order chi connectivity index (χ0) is 12.1. The third-order valence-corrected chi connectivity index (χ3v) is 3.32. The third kappa shape index (κ3) is 3.08. The highest BCUT2D eigenvalue weighted by Gasteiger charge is 2.16. The minimum absolute atomic E-state index is 0.600. The predicted molar refractivity (Wildman–Crippen MR) is 71.4 cm³/mol. The highest BCUT2D eigenvalue weighted by Crippen LogP contribution is 2.24. The van der Waals surface area contributed by atoms with Crippen molar-refractivity contribution in [2.75, 3.05) is 17.2 Å². The van der Waals surface area contributed by atoms with Crippen LogP contribution in [0.5, 0.6) is 0 Å². The van der Waals surface area contributed by atoms with Crippen molar-refractivity contribution in [3.63, 3.8) is 0 Å². The summed E-state index contributed by atoms with van der Waals surface area (Å²) in [5.74, 6) is 1.95. The molecule has 0 unspecified atom stereocenters. The zero-order valence-electron chi connectivity index (χ0n) is 10.8. The molecule has 0 aliphatic heterocycles. The van der Waals surface area contributed by atoms with E-state index in [2.05, 4.69) is 34.4 Å². The van der Waals surface area contributed by atoms with Gasteiger partial charge < -0.3 is 10.6 Å². The van der Waals surface area contributed by atoms with Crippen molar-refractivity contribution < 1.29 is 0 Å². The van der Waals surface area contributed by atoms with Gasteiger partial charge in [-0.25, -0.2) is 9.97 Å². The molecule has 1 fully saturated rings. The Kier molecular flexibility index (Phi) is 4.18. The number of rotatable bonds is 5. The third-order valence-electron chi connectivity index (χ3n) is 3.32. The molecule has 1 aromatic rings. The molecule has 2 rings (SSSR count). The fourth-order valence-electron chi connectivity index (χ4n) is 2.28. The average Bonchev–Trinajstić information content (AvgIpc) is 2.83. The summed E-state index contributed by atoms with van der Waals surface area (Å²) in [7, 11) is 0. The summed E-state index contributed by atoms with van der Waals surface area (Å²) >= 11 is 0. The van der Waals surface area contributed by atoms with E-state index in [-0.39, 0.29) is 0 Å². The molecule has 0 bridgehead atoms. The Morgan fingerprint density at radius 1 is 1.24 bits per heavy atom. The lowest BCUT2D eigenvalue weighted by atomic mass is 10.2. The summed E-state index contributed by atoms with van der Waals surface area (Å²) in [5.41, 5.74) is 1.13. The molecular weight excluding hydrogens is 212 g/mol. The molecule has 1 aromatic heterocycles. The number of anilines is 2. The summed E-state index contributed by atoms with van der Waals surface area (Å²) in [4.78, 5) is 8.64. The molecule has 1 heterocycles. The van der Waals surface area contributed by atoms with Gasteiger partial charge in [-0.15, -0.1) is 0 Å². The summed E-state index contributed by atoms with van der Waals surface area (Å²) in [6, 6.07) is 0.600. The van der Waals surface area contributed by atoms with Crippen LogP contribution in [0.1, 0.15) is 44.6 Å². The van der Waals surface area contributed by atoms with Gasteiger partial charge in [0.2, 0.25) is 0 Å². The summed E-state index contributed by atoms with van der Waals surface area (Å²) in [5, 5.41) is 6.87. The van der Waals surface area contributed by atoms with Crippen LogP contribution in [0.15, 0.2) is 6.33 Å². The fraction of sp³-hybridized carbons (Fsp3) is 0.692. The van der Waals surface area contributed by atoms with E-state index in [0.29, 0.717) is 6.04 Å². The minimum Gasteiger partial charge on any atom is -0.370 e. The predicted octanol–water partition coefficient (Wildman–Crippen LogP) is 2.96. The van der Waals surface area contributed by atoms with Crippen molar-refractivity contribution in [3.8, 4) is 0 Å². The Morgan fingerprint density at radius 2 is 1.94 bits per heavy atom. The molecule has 1 aliphatic carbocycles. The highest BCUT2D eigenvalue weighted by molar-refractivity contribution is 5.56. The number of nitrogens with zero attached hydrogens (tertiary/aromatic N) is 2. The van der Waals surface area contributed by atoms with Crippen LogP contribution in [0.2, 0.25) is 0 Å². The van der Waals surface area contributed by atoms with Crippen LogP contribution in [-0.4, -0.2) is 22.6 Å². The van der Waals surface area contributed by atoms with E-state index in [1.165, 1.54) is 25.7 Å². The second-order valence-electron chi connectivity index (χ2n) is 4.75. The summed E-state index contributed by atoms with van der Waals surface area (Å²) < 4.78 is 0. The number of hydrogen-bond acceptors (Lipinski definition) is 4. The van der Waals surface area contributed by atoms with Crippen molar-refractivity contribution in [1.29, 1.82) is 0 Å². The summed E-state index contributed by atoms with van der Waals surface area (Å²) in [6.07, 6.45) is 7.95. The molecule has 0 atom stereocenters. The van der Waals surface area contributed by atoms with Crippen molar-refractivity contribution in [2.45, 2.75) is 52.0 Å². The Hall–Kier alpha value is -1.32. The molecular formula is C13H22N4. The number of nitrogens with one attached hydrogen (secondary N) is 2. The fourth-order valence-corrected chi connectivity index (χ4v) is 2.28. The highest BCUT2D eigenvalue weighted by atomic mass is 15.1. The SMILES string of the molecule is CCCNc1ncnc(NC2CCCC2)c1C. The maximum atomic E-state index is 4.35. The lowest BCUT2D eigenvalue weighted by molar-refractivity contribution is 0.748. The molecule has 0 saturated heterocycles. The molecule has 2 N–H and O–H groups in total. The normalized spacial score (nSPS) is 16.1. The van der Waals surface area contributed by atoms with Crippen LogP contribution < -0.4 is 10.6 Å². The molecule has 0 radical (unpaired) electrons. The van der Waals surface area contributed by atoms with E-state index in [1.807, 2.05) is 0 Å². The van der Waals surface area contributed by atoms with Gasteiger partial charge in [0.1, 0.15) is 18.0 Å². The van der Waals surface area contributed by atoms with Crippen LogP contribution in [0, 0.1) is 6.92 Å². The first-order valence-corrected chi connectivity index (χ1v) is 6.63. The smallest absolute Gasteiger partial charge is 0.134 e. The molecule has 4 heteroatoms. The first-order valence-electron chi connectivity index (χ1n) is 6.63. The van der Waals surface area contributed by atoms with Crippen LogP contribution in [0.25, 0.3) is 0 Å².